The van der Waals surface area contributed by atoms with E-state index < -0.39 is 0 Å². The topological polar surface area (TPSA) is 79.7 Å². The summed E-state index contributed by atoms with van der Waals surface area (Å²) in [6.45, 7) is 0.698. The first-order valence-corrected chi connectivity index (χ1v) is 4.05. The summed E-state index contributed by atoms with van der Waals surface area (Å²) in [5, 5.41) is 0. The Morgan fingerprint density at radius 1 is 1.50 bits per heavy atom. The minimum absolute atomic E-state index is 0.0276. The van der Waals surface area contributed by atoms with Crippen LogP contribution in [0.3, 0.4) is 0 Å². The fraction of sp³-hybridized carbons (Fsp3) is 1.00. The van der Waals surface area contributed by atoms with Gasteiger partial charge in [-0.2, -0.15) is 0 Å². The third-order valence-corrected chi connectivity index (χ3v) is 1.55. The van der Waals surface area contributed by atoms with Crippen molar-refractivity contribution >= 4 is 18.4 Å². The summed E-state index contributed by atoms with van der Waals surface area (Å²) in [6.07, 6.45) is -0.161. The zero-order valence-electron chi connectivity index (χ0n) is 5.45. The molecule has 0 aliphatic carbocycles. The van der Waals surface area contributed by atoms with Crippen LogP contribution in [0.1, 0.15) is 0 Å². The minimum atomic E-state index is -0.161. The van der Waals surface area contributed by atoms with Gasteiger partial charge in [0, 0.05) is 9.47 Å². The van der Waals surface area contributed by atoms with Crippen LogP contribution in [-0.4, -0.2) is 19.3 Å². The van der Waals surface area contributed by atoms with E-state index in [1.54, 1.807) is 0 Å². The lowest BCUT2D eigenvalue weighted by atomic mass is 10.4. The highest BCUT2D eigenvalue weighted by Gasteiger charge is 2.05. The molecule has 3 atom stereocenters. The fourth-order valence-electron chi connectivity index (χ4n) is 0.375. The molecule has 5 nitrogen and oxygen atoms in total. The molecule has 7 heteroatoms. The lowest BCUT2D eigenvalue weighted by molar-refractivity contribution is 0.0381. The molecule has 0 spiro atoms. The van der Waals surface area contributed by atoms with Gasteiger partial charge in [0.1, 0.15) is 6.10 Å². The van der Waals surface area contributed by atoms with E-state index in [1.165, 1.54) is 0 Å². The molecule has 3 unspecified atom stereocenters. The second-order valence-electron chi connectivity index (χ2n) is 1.52. The average Bonchev–Trinajstić information content (AvgIpc) is 1.98. The van der Waals surface area contributed by atoms with Crippen molar-refractivity contribution in [1.29, 1.82) is 0 Å². The molecule has 0 radical (unpaired) electrons. The molecule has 0 fully saturated rings. The van der Waals surface area contributed by atoms with Crippen molar-refractivity contribution in [1.82, 2.24) is 0 Å². The van der Waals surface area contributed by atoms with Crippen LogP contribution in [0.5, 0.6) is 0 Å². The molecule has 0 rings (SSSR count). The van der Waals surface area contributed by atoms with Gasteiger partial charge < -0.3 is 13.9 Å². The molecule has 0 saturated heterocycles. The van der Waals surface area contributed by atoms with Crippen LogP contribution in [0.4, 0.5) is 0 Å². The monoisotopic (exact) mass is 186 g/mol. The molecule has 0 aliphatic rings. The van der Waals surface area contributed by atoms with Crippen molar-refractivity contribution in [3.8, 4) is 0 Å². The molecule has 0 amide bonds. The van der Waals surface area contributed by atoms with Crippen molar-refractivity contribution in [3.05, 3.63) is 0 Å². The van der Waals surface area contributed by atoms with Crippen molar-refractivity contribution in [2.45, 2.75) is 6.10 Å². The lowest BCUT2D eigenvalue weighted by Crippen LogP contribution is -2.23. The molecule has 0 aromatic carbocycles. The molecule has 0 aliphatic heterocycles. The average molecular weight is 186 g/mol. The quantitative estimate of drug-likeness (QED) is 0.433. The fourth-order valence-corrected chi connectivity index (χ4v) is 0.814. The van der Waals surface area contributed by atoms with Crippen LogP contribution in [0.25, 0.3) is 0 Å². The van der Waals surface area contributed by atoms with Gasteiger partial charge in [-0.15, -0.1) is 0 Å². The Hall–Kier alpha value is 0.660. The number of rotatable bonds is 6. The van der Waals surface area contributed by atoms with Gasteiger partial charge in [-0.05, 0) is 0 Å². The normalized spacial score (nSPS) is 14.7. The van der Waals surface area contributed by atoms with Gasteiger partial charge in [0.2, 0.25) is 0 Å². The smallest absolute Gasteiger partial charge is 0.110 e. The van der Waals surface area contributed by atoms with E-state index in [4.69, 9.17) is 20.4 Å². The van der Waals surface area contributed by atoms with Gasteiger partial charge in [-0.1, -0.05) is 0 Å². The predicted octanol–water partition coefficient (Wildman–Crippen LogP) is -0.464. The summed E-state index contributed by atoms with van der Waals surface area (Å²) in [5.74, 6) is 4.80. The van der Waals surface area contributed by atoms with E-state index in [2.05, 4.69) is 14.3 Å². The lowest BCUT2D eigenvalue weighted by Gasteiger charge is -2.11. The van der Waals surface area contributed by atoms with Crippen molar-refractivity contribution in [2.24, 2.45) is 11.4 Å². The van der Waals surface area contributed by atoms with Gasteiger partial charge >= 0.3 is 0 Å². The Labute approximate surface area is 63.9 Å². The SMILES string of the molecule is NOCC(COPN)OP. The molecule has 0 aromatic rings. The highest BCUT2D eigenvalue weighted by Crippen LogP contribution is 2.04. The Morgan fingerprint density at radius 2 is 2.20 bits per heavy atom. The van der Waals surface area contributed by atoms with Crippen LogP contribution < -0.4 is 11.4 Å². The molecule has 10 heavy (non-hydrogen) atoms. The second kappa shape index (κ2) is 7.76. The predicted molar refractivity (Wildman–Crippen MR) is 43.2 cm³/mol. The van der Waals surface area contributed by atoms with E-state index in [1.807, 2.05) is 0 Å². The maximum Gasteiger partial charge on any atom is 0.110 e. The highest BCUT2D eigenvalue weighted by molar-refractivity contribution is 7.29. The van der Waals surface area contributed by atoms with Gasteiger partial charge in [0.05, 0.1) is 22.2 Å². The van der Waals surface area contributed by atoms with Crippen molar-refractivity contribution < 1.29 is 13.9 Å². The Balaban J connectivity index is 3.21. The second-order valence-corrected chi connectivity index (χ2v) is 2.32. The molecule has 0 bridgehead atoms. The standard InChI is InChI=1S/C3H12N2O3P2/c4-6-1-3(8-9)2-7-10-5/h3,10H,1-2,4-5,9H2. The summed E-state index contributed by atoms with van der Waals surface area (Å²) in [6, 6.07) is 0. The summed E-state index contributed by atoms with van der Waals surface area (Å²) < 4.78 is 9.70. The number of hydrogen-bond acceptors (Lipinski definition) is 5. The summed E-state index contributed by atoms with van der Waals surface area (Å²) in [5.41, 5.74) is 5.10. The molecule has 62 valence electrons. The van der Waals surface area contributed by atoms with Gasteiger partial charge in [0.15, 0.2) is 0 Å². The van der Waals surface area contributed by atoms with Crippen LogP contribution in [0.15, 0.2) is 0 Å². The molecule has 0 saturated carbocycles. The highest BCUT2D eigenvalue weighted by atomic mass is 31.1. The maximum absolute atomic E-state index is 5.10. The third-order valence-electron chi connectivity index (χ3n) is 0.827. The summed E-state index contributed by atoms with van der Waals surface area (Å²) in [7, 11) is 2.08. The van der Waals surface area contributed by atoms with E-state index in [0.29, 0.717) is 13.2 Å². The Kier molecular flexibility index (Phi) is 8.28. The van der Waals surface area contributed by atoms with E-state index in [-0.39, 0.29) is 15.1 Å². The van der Waals surface area contributed by atoms with Gasteiger partial charge in [-0.3, -0.25) is 5.50 Å². The zero-order chi connectivity index (χ0) is 7.82. The van der Waals surface area contributed by atoms with Gasteiger partial charge in [-0.25, -0.2) is 5.90 Å². The first-order valence-electron chi connectivity index (χ1n) is 2.59. The third kappa shape index (κ3) is 5.45. The molecule has 0 aromatic heterocycles. The number of hydrogen-bond donors (Lipinski definition) is 2. The largest absolute Gasteiger partial charge is 0.358 e. The molecule has 4 N–H and O–H groups in total. The van der Waals surface area contributed by atoms with Gasteiger partial charge in [0.25, 0.3) is 0 Å². The summed E-state index contributed by atoms with van der Waals surface area (Å²) >= 11 is 0. The van der Waals surface area contributed by atoms with Crippen molar-refractivity contribution in [2.75, 3.05) is 13.2 Å². The molecular formula is C3H12N2O3P2. The van der Waals surface area contributed by atoms with Crippen LogP contribution in [-0.2, 0) is 13.9 Å². The zero-order valence-corrected chi connectivity index (χ0v) is 7.60. The van der Waals surface area contributed by atoms with E-state index in [9.17, 15) is 0 Å². The molecular weight excluding hydrogens is 174 g/mol. The Bertz CT molecular complexity index is 76.8. The number of nitrogens with two attached hydrogens (primary N) is 2. The molecule has 0 heterocycles. The first-order chi connectivity index (χ1) is 4.85. The maximum atomic E-state index is 5.10. The first kappa shape index (κ1) is 10.7. The van der Waals surface area contributed by atoms with Crippen molar-refractivity contribution in [3.63, 3.8) is 0 Å². The van der Waals surface area contributed by atoms with Crippen LogP contribution in [0.2, 0.25) is 0 Å². The Morgan fingerprint density at radius 3 is 2.60 bits per heavy atom. The van der Waals surface area contributed by atoms with E-state index in [0.717, 1.165) is 0 Å². The van der Waals surface area contributed by atoms with E-state index >= 15 is 0 Å². The summed E-state index contributed by atoms with van der Waals surface area (Å²) in [4.78, 5) is 4.34. The van der Waals surface area contributed by atoms with Crippen LogP contribution >= 0.6 is 18.4 Å². The minimum Gasteiger partial charge on any atom is -0.358 e. The van der Waals surface area contributed by atoms with Crippen LogP contribution in [0, 0.1) is 0 Å².